The molecule has 7 nitrogen and oxygen atoms in total. The van der Waals surface area contributed by atoms with Crippen molar-refractivity contribution in [3.8, 4) is 6.07 Å². The Hall–Kier alpha value is -2.36. The second kappa shape index (κ2) is 3.57. The lowest BCUT2D eigenvalue weighted by molar-refractivity contribution is -0.141. The molecular formula is C7H4N2O5. The predicted octanol–water partition coefficient (Wildman–Crippen LogP) is -1.48. The Balaban J connectivity index is 2.88. The molecule has 0 saturated heterocycles. The summed E-state index contributed by atoms with van der Waals surface area (Å²) >= 11 is 0. The number of nitriles is 1. The van der Waals surface area contributed by atoms with Crippen LogP contribution < -0.4 is 5.32 Å². The number of carboxylic acids is 1. The summed E-state index contributed by atoms with van der Waals surface area (Å²) in [6, 6.07) is 1.45. The first-order valence-electron chi connectivity index (χ1n) is 3.41. The molecule has 2 amide bonds. The van der Waals surface area contributed by atoms with Crippen molar-refractivity contribution in [3.05, 3.63) is 11.3 Å². The summed E-state index contributed by atoms with van der Waals surface area (Å²) in [4.78, 5) is 31.8. The van der Waals surface area contributed by atoms with Gasteiger partial charge in [-0.1, -0.05) is 0 Å². The molecular weight excluding hydrogens is 192 g/mol. The van der Waals surface area contributed by atoms with E-state index in [0.717, 1.165) is 0 Å². The topological polar surface area (TPSA) is 116 Å². The summed E-state index contributed by atoms with van der Waals surface area (Å²) in [6.07, 6.45) is 0. The van der Waals surface area contributed by atoms with Gasteiger partial charge >= 0.3 is 5.97 Å². The first kappa shape index (κ1) is 9.73. The van der Waals surface area contributed by atoms with E-state index in [4.69, 9.17) is 10.4 Å². The van der Waals surface area contributed by atoms with Crippen LogP contribution in [-0.2, 0) is 19.1 Å². The van der Waals surface area contributed by atoms with Crippen LogP contribution in [0.5, 0.6) is 0 Å². The molecule has 0 aromatic heterocycles. The number of carbonyl (C=O) groups is 3. The number of aliphatic carboxylic acids is 1. The largest absolute Gasteiger partial charge is 0.479 e. The molecule has 0 unspecified atom stereocenters. The molecule has 1 heterocycles. The fourth-order valence-corrected chi connectivity index (χ4v) is 0.812. The van der Waals surface area contributed by atoms with Crippen LogP contribution in [-0.4, -0.2) is 29.5 Å². The number of amides is 2. The second-order valence-corrected chi connectivity index (χ2v) is 2.28. The average molecular weight is 196 g/mol. The van der Waals surface area contributed by atoms with E-state index in [-0.39, 0.29) is 0 Å². The van der Waals surface area contributed by atoms with Crippen LogP contribution in [0.2, 0.25) is 0 Å². The van der Waals surface area contributed by atoms with E-state index in [1.807, 2.05) is 0 Å². The lowest BCUT2D eigenvalue weighted by atomic mass is 10.3. The highest BCUT2D eigenvalue weighted by atomic mass is 16.5. The molecule has 0 spiro atoms. The van der Waals surface area contributed by atoms with E-state index in [1.165, 1.54) is 6.07 Å². The van der Waals surface area contributed by atoms with Gasteiger partial charge in [-0.25, -0.2) is 4.79 Å². The smallest absolute Gasteiger partial charge is 0.341 e. The minimum absolute atomic E-state index is 0.503. The van der Waals surface area contributed by atoms with E-state index in [1.54, 1.807) is 5.32 Å². The lowest BCUT2D eigenvalue weighted by Crippen LogP contribution is -2.24. The minimum Gasteiger partial charge on any atom is -0.479 e. The molecule has 1 aliphatic rings. The van der Waals surface area contributed by atoms with Crippen LogP contribution in [0.1, 0.15) is 0 Å². The molecule has 1 aliphatic heterocycles. The van der Waals surface area contributed by atoms with Gasteiger partial charge in [0.05, 0.1) is 0 Å². The number of carbonyl (C=O) groups excluding carboxylic acids is 2. The van der Waals surface area contributed by atoms with Crippen LogP contribution in [0.4, 0.5) is 0 Å². The van der Waals surface area contributed by atoms with Gasteiger partial charge in [-0.3, -0.25) is 14.9 Å². The van der Waals surface area contributed by atoms with E-state index >= 15 is 0 Å². The maximum Gasteiger partial charge on any atom is 0.341 e. The summed E-state index contributed by atoms with van der Waals surface area (Å²) in [7, 11) is 0. The molecule has 72 valence electrons. The van der Waals surface area contributed by atoms with Crippen molar-refractivity contribution in [2.24, 2.45) is 0 Å². The van der Waals surface area contributed by atoms with Gasteiger partial charge in [-0.05, 0) is 0 Å². The molecule has 0 aliphatic carbocycles. The molecule has 2 N–H and O–H groups in total. The molecule has 0 radical (unpaired) electrons. The predicted molar refractivity (Wildman–Crippen MR) is 39.4 cm³/mol. The van der Waals surface area contributed by atoms with Gasteiger partial charge in [-0.15, -0.1) is 0 Å². The Labute approximate surface area is 77.6 Å². The summed E-state index contributed by atoms with van der Waals surface area (Å²) in [5, 5.41) is 18.5. The summed E-state index contributed by atoms with van der Waals surface area (Å²) < 4.78 is 4.48. The number of rotatable bonds is 3. The van der Waals surface area contributed by atoms with Crippen molar-refractivity contribution >= 4 is 17.8 Å². The van der Waals surface area contributed by atoms with Crippen molar-refractivity contribution < 1.29 is 24.2 Å². The number of carboxylic acid groups (broad SMARTS) is 1. The lowest BCUT2D eigenvalue weighted by Gasteiger charge is -2.00. The zero-order chi connectivity index (χ0) is 10.7. The maximum atomic E-state index is 10.9. The highest BCUT2D eigenvalue weighted by molar-refractivity contribution is 6.20. The SMILES string of the molecule is N#CC1=C(OCC(=O)O)C(=O)NC1=O. The van der Waals surface area contributed by atoms with Crippen LogP contribution in [0.25, 0.3) is 0 Å². The Bertz CT molecular complexity index is 389. The number of hydrogen-bond donors (Lipinski definition) is 2. The second-order valence-electron chi connectivity index (χ2n) is 2.28. The maximum absolute atomic E-state index is 10.9. The molecule has 1 rings (SSSR count). The van der Waals surface area contributed by atoms with Crippen LogP contribution in [0.3, 0.4) is 0 Å². The molecule has 0 bridgehead atoms. The van der Waals surface area contributed by atoms with Gasteiger partial charge in [-0.2, -0.15) is 5.26 Å². The van der Waals surface area contributed by atoms with Gasteiger partial charge in [0.25, 0.3) is 11.8 Å². The number of hydrogen-bond acceptors (Lipinski definition) is 5. The molecule has 14 heavy (non-hydrogen) atoms. The van der Waals surface area contributed by atoms with Crippen molar-refractivity contribution in [3.63, 3.8) is 0 Å². The highest BCUT2D eigenvalue weighted by Crippen LogP contribution is 2.12. The zero-order valence-corrected chi connectivity index (χ0v) is 6.73. The molecule has 0 fully saturated rings. The fraction of sp³-hybridized carbons (Fsp3) is 0.143. The molecule has 0 aromatic carbocycles. The van der Waals surface area contributed by atoms with E-state index in [2.05, 4.69) is 4.74 Å². The molecule has 0 aromatic rings. The van der Waals surface area contributed by atoms with Gasteiger partial charge in [0.15, 0.2) is 12.2 Å². The number of imide groups is 1. The standard InChI is InChI=1S/C7H4N2O5/c8-1-3-5(14-2-4(10)11)7(13)9-6(3)12/h2H2,(H,10,11)(H,9,12,13). The third-order valence-corrected chi connectivity index (χ3v) is 1.34. The van der Waals surface area contributed by atoms with E-state index in [0.29, 0.717) is 0 Å². The van der Waals surface area contributed by atoms with Crippen LogP contribution in [0, 0.1) is 11.3 Å². The molecule has 7 heteroatoms. The zero-order valence-electron chi connectivity index (χ0n) is 6.73. The first-order valence-corrected chi connectivity index (χ1v) is 3.41. The minimum atomic E-state index is -1.30. The van der Waals surface area contributed by atoms with E-state index < -0.39 is 35.7 Å². The van der Waals surface area contributed by atoms with Gasteiger partial charge in [0.2, 0.25) is 5.76 Å². The summed E-state index contributed by atoms with van der Waals surface area (Å²) in [6.45, 7) is -0.777. The van der Waals surface area contributed by atoms with Crippen molar-refractivity contribution in [1.82, 2.24) is 5.32 Å². The van der Waals surface area contributed by atoms with Crippen LogP contribution in [0.15, 0.2) is 11.3 Å². The molecule has 0 saturated carbocycles. The Morgan fingerprint density at radius 3 is 2.64 bits per heavy atom. The Morgan fingerprint density at radius 2 is 2.14 bits per heavy atom. The average Bonchev–Trinajstić information content (AvgIpc) is 2.36. The normalized spacial score (nSPS) is 15.1. The quantitative estimate of drug-likeness (QED) is 0.531. The highest BCUT2D eigenvalue weighted by Gasteiger charge is 2.32. The van der Waals surface area contributed by atoms with Gasteiger partial charge in [0, 0.05) is 0 Å². The van der Waals surface area contributed by atoms with E-state index in [9.17, 15) is 14.4 Å². The third-order valence-electron chi connectivity index (χ3n) is 1.34. The van der Waals surface area contributed by atoms with Gasteiger partial charge < -0.3 is 9.84 Å². The summed E-state index contributed by atoms with van der Waals surface area (Å²) in [5.74, 6) is -3.62. The number of ether oxygens (including phenoxy) is 1. The first-order chi connectivity index (χ1) is 6.56. The third kappa shape index (κ3) is 1.69. The monoisotopic (exact) mass is 196 g/mol. The summed E-state index contributed by atoms with van der Waals surface area (Å²) in [5.41, 5.74) is -0.503. The van der Waals surface area contributed by atoms with Crippen LogP contribution >= 0.6 is 0 Å². The van der Waals surface area contributed by atoms with Gasteiger partial charge in [0.1, 0.15) is 6.07 Å². The van der Waals surface area contributed by atoms with Crippen molar-refractivity contribution in [1.29, 1.82) is 5.26 Å². The fourth-order valence-electron chi connectivity index (χ4n) is 0.812. The van der Waals surface area contributed by atoms with Crippen molar-refractivity contribution in [2.45, 2.75) is 0 Å². The molecule has 0 atom stereocenters. The Kier molecular flexibility index (Phi) is 2.48. The Morgan fingerprint density at radius 1 is 1.50 bits per heavy atom. The number of nitrogens with zero attached hydrogens (tertiary/aromatic N) is 1. The van der Waals surface area contributed by atoms with Crippen molar-refractivity contribution in [2.75, 3.05) is 6.61 Å². The number of nitrogens with one attached hydrogen (secondary N) is 1.